The smallest absolute Gasteiger partial charge is 0.154 e. The Kier molecular flexibility index (Phi) is 6.05. The molecule has 172 valence electrons. The van der Waals surface area contributed by atoms with Crippen LogP contribution in [0.25, 0.3) is 5.57 Å². The quantitative estimate of drug-likeness (QED) is 0.622. The van der Waals surface area contributed by atoms with Gasteiger partial charge in [-0.05, 0) is 60.5 Å². The summed E-state index contributed by atoms with van der Waals surface area (Å²) in [6.07, 6.45) is 4.45. The summed E-state index contributed by atoms with van der Waals surface area (Å²) in [6.45, 7) is 3.40. The van der Waals surface area contributed by atoms with Crippen molar-refractivity contribution in [3.05, 3.63) is 88.1 Å². The van der Waals surface area contributed by atoms with Crippen LogP contribution < -0.4 is 0 Å². The second-order valence-corrected chi connectivity index (χ2v) is 10.6. The molecule has 0 aliphatic carbocycles. The normalized spacial score (nSPS) is 20.2. The number of carbonyl (C=O) groups is 1. The Morgan fingerprint density at radius 2 is 1.82 bits per heavy atom. The third kappa shape index (κ3) is 4.39. The number of hydrogen-bond acceptors (Lipinski definition) is 5. The zero-order chi connectivity index (χ0) is 23.9. The number of sulfone groups is 1. The van der Waals surface area contributed by atoms with Crippen LogP contribution in [0.1, 0.15) is 36.1 Å². The van der Waals surface area contributed by atoms with E-state index in [0.717, 1.165) is 17.4 Å². The lowest BCUT2D eigenvalue weighted by atomic mass is 9.86. The van der Waals surface area contributed by atoms with Gasteiger partial charge in [0, 0.05) is 41.3 Å². The molecular formula is C25H24F2N2O3S. The molecule has 8 heteroatoms. The Morgan fingerprint density at radius 3 is 2.45 bits per heavy atom. The van der Waals surface area contributed by atoms with E-state index < -0.39 is 33.3 Å². The van der Waals surface area contributed by atoms with Crippen molar-refractivity contribution in [2.24, 2.45) is 4.99 Å². The summed E-state index contributed by atoms with van der Waals surface area (Å²) in [4.78, 5) is 18.2. The molecule has 33 heavy (non-hydrogen) atoms. The number of fused-ring (bicyclic) bond motifs is 3. The first-order valence-electron chi connectivity index (χ1n) is 10.6. The van der Waals surface area contributed by atoms with Gasteiger partial charge in [-0.3, -0.25) is 4.99 Å². The van der Waals surface area contributed by atoms with Gasteiger partial charge in [-0.1, -0.05) is 6.92 Å². The van der Waals surface area contributed by atoms with Gasteiger partial charge in [0.1, 0.15) is 24.0 Å². The minimum Gasteiger partial charge on any atom is -0.367 e. The summed E-state index contributed by atoms with van der Waals surface area (Å²) in [5.74, 6) is -1.56. The summed E-state index contributed by atoms with van der Waals surface area (Å²) in [5.41, 5.74) is 3.79. The summed E-state index contributed by atoms with van der Waals surface area (Å²) in [7, 11) is -1.70. The predicted octanol–water partition coefficient (Wildman–Crippen LogP) is 3.92. The molecule has 0 saturated heterocycles. The first-order chi connectivity index (χ1) is 15.6. The van der Waals surface area contributed by atoms with Crippen molar-refractivity contribution in [2.45, 2.75) is 31.7 Å². The molecule has 4 rings (SSSR count). The fourth-order valence-electron chi connectivity index (χ4n) is 4.14. The van der Waals surface area contributed by atoms with Gasteiger partial charge >= 0.3 is 0 Å². The molecule has 2 aromatic carbocycles. The number of hydrogen-bond donors (Lipinski definition) is 0. The molecule has 0 radical (unpaired) electrons. The highest BCUT2D eigenvalue weighted by atomic mass is 32.2. The van der Waals surface area contributed by atoms with E-state index in [1.807, 2.05) is 19.2 Å². The van der Waals surface area contributed by atoms with Crippen LogP contribution in [0, 0.1) is 11.6 Å². The number of aldehydes is 1. The van der Waals surface area contributed by atoms with Gasteiger partial charge in [0.05, 0.1) is 17.5 Å². The van der Waals surface area contributed by atoms with Crippen LogP contribution in [0.3, 0.4) is 0 Å². The minimum absolute atomic E-state index is 0.0732. The van der Waals surface area contributed by atoms with E-state index in [1.165, 1.54) is 25.1 Å². The number of likely N-dealkylation sites (N-methyl/N-ethyl adjacent to an activating group) is 1. The van der Waals surface area contributed by atoms with Gasteiger partial charge in [0.2, 0.25) is 0 Å². The van der Waals surface area contributed by atoms with Gasteiger partial charge in [-0.25, -0.2) is 17.2 Å². The monoisotopic (exact) mass is 470 g/mol. The number of halogens is 2. The van der Waals surface area contributed by atoms with Crippen LogP contribution in [-0.2, 0) is 20.4 Å². The number of aliphatic imine (C=N–C) groups is 1. The van der Waals surface area contributed by atoms with E-state index in [-0.39, 0.29) is 17.4 Å². The highest BCUT2D eigenvalue weighted by Gasteiger charge is 2.31. The van der Waals surface area contributed by atoms with Gasteiger partial charge < -0.3 is 9.69 Å². The van der Waals surface area contributed by atoms with Gasteiger partial charge in [0.15, 0.2) is 9.84 Å². The minimum atomic E-state index is -3.47. The van der Waals surface area contributed by atoms with Crippen molar-refractivity contribution in [1.29, 1.82) is 0 Å². The summed E-state index contributed by atoms with van der Waals surface area (Å²) < 4.78 is 53.2. The molecule has 0 spiro atoms. The maximum absolute atomic E-state index is 15.2. The molecule has 2 atom stereocenters. The second kappa shape index (κ2) is 8.67. The van der Waals surface area contributed by atoms with Crippen LogP contribution >= 0.6 is 0 Å². The number of nitrogens with zero attached hydrogens (tertiary/aromatic N) is 2. The van der Waals surface area contributed by atoms with Crippen LogP contribution in [0.4, 0.5) is 8.78 Å². The lowest BCUT2D eigenvalue weighted by Gasteiger charge is -2.29. The second-order valence-electron chi connectivity index (χ2n) is 8.28. The van der Waals surface area contributed by atoms with Gasteiger partial charge in [-0.2, -0.15) is 0 Å². The molecule has 1 unspecified atom stereocenters. The highest BCUT2D eigenvalue weighted by Crippen LogP contribution is 2.38. The maximum Gasteiger partial charge on any atom is 0.154 e. The van der Waals surface area contributed by atoms with E-state index in [1.54, 1.807) is 30.1 Å². The van der Waals surface area contributed by atoms with Crippen molar-refractivity contribution in [3.8, 4) is 0 Å². The van der Waals surface area contributed by atoms with E-state index in [2.05, 4.69) is 0 Å². The molecule has 0 bridgehead atoms. The molecule has 2 heterocycles. The number of rotatable bonds is 5. The van der Waals surface area contributed by atoms with E-state index in [0.29, 0.717) is 22.4 Å². The van der Waals surface area contributed by atoms with Crippen molar-refractivity contribution in [1.82, 2.24) is 4.90 Å². The lowest BCUT2D eigenvalue weighted by molar-refractivity contribution is -0.110. The van der Waals surface area contributed by atoms with Crippen LogP contribution in [0.2, 0.25) is 0 Å². The molecule has 0 amide bonds. The van der Waals surface area contributed by atoms with Gasteiger partial charge in [0.25, 0.3) is 0 Å². The Balaban J connectivity index is 1.99. The number of carbonyl (C=O) groups excluding carboxylic acids is 1. The molecule has 2 aliphatic heterocycles. The Bertz CT molecular complexity index is 1310. The Morgan fingerprint density at radius 1 is 1.12 bits per heavy atom. The van der Waals surface area contributed by atoms with Gasteiger partial charge in [-0.15, -0.1) is 0 Å². The first kappa shape index (κ1) is 23.0. The van der Waals surface area contributed by atoms with E-state index in [9.17, 15) is 17.6 Å². The van der Waals surface area contributed by atoms with E-state index >= 15 is 4.39 Å². The molecule has 5 nitrogen and oxygen atoms in total. The fraction of sp³-hybridized carbons (Fsp3) is 0.280. The fourth-order valence-corrected chi connectivity index (χ4v) is 5.04. The average Bonchev–Trinajstić information content (AvgIpc) is 2.89. The van der Waals surface area contributed by atoms with Crippen molar-refractivity contribution < 1.29 is 22.0 Å². The van der Waals surface area contributed by atoms with Crippen molar-refractivity contribution in [2.75, 3.05) is 12.8 Å². The summed E-state index contributed by atoms with van der Waals surface area (Å²) in [6, 6.07) is 7.81. The summed E-state index contributed by atoms with van der Waals surface area (Å²) in [5, 5.41) is 0. The largest absolute Gasteiger partial charge is 0.367 e. The van der Waals surface area contributed by atoms with Crippen LogP contribution in [0.15, 0.2) is 59.2 Å². The van der Waals surface area contributed by atoms with Crippen LogP contribution in [0.5, 0.6) is 0 Å². The lowest BCUT2D eigenvalue weighted by Crippen LogP contribution is -2.31. The number of benzene rings is 2. The predicted molar refractivity (Wildman–Crippen MR) is 125 cm³/mol. The van der Waals surface area contributed by atoms with Crippen LogP contribution in [-0.4, -0.2) is 50.2 Å². The first-order valence-corrected chi connectivity index (χ1v) is 12.4. The molecule has 0 fully saturated rings. The highest BCUT2D eigenvalue weighted by molar-refractivity contribution is 7.90. The summed E-state index contributed by atoms with van der Waals surface area (Å²) >= 11 is 0. The molecular weight excluding hydrogens is 446 g/mol. The molecule has 0 aromatic heterocycles. The maximum atomic E-state index is 15.2. The standard InChI is InChI=1S/C25H24F2N2O3S/c1-4-33(31,32)14-17-9-21-22(11-24(17)27)25(16-5-7-18(26)8-6-16)28-15(2)20-10-19(13-30)29(3)12-23(20)21/h5-13,15,19H,4,14H2,1-3H3/t15-,19?/m0/s1. The molecule has 0 saturated carbocycles. The average molecular weight is 471 g/mol. The molecule has 0 N–H and O–H groups in total. The third-order valence-corrected chi connectivity index (χ3v) is 7.67. The topological polar surface area (TPSA) is 66.8 Å². The molecule has 2 aliphatic rings. The van der Waals surface area contributed by atoms with Crippen molar-refractivity contribution >= 4 is 27.4 Å². The Labute approximate surface area is 192 Å². The van der Waals surface area contributed by atoms with E-state index in [4.69, 9.17) is 4.99 Å². The Hall–Kier alpha value is -3.13. The zero-order valence-corrected chi connectivity index (χ0v) is 19.4. The zero-order valence-electron chi connectivity index (χ0n) is 18.5. The SMILES string of the molecule is CCS(=O)(=O)Cc1cc2c(cc1F)C(c1ccc(F)cc1)=N[C@@H](C)C1=CC(C=O)N(C)C=C12. The third-order valence-electron chi connectivity index (χ3n) is 6.04. The molecule has 2 aromatic rings. The van der Waals surface area contributed by atoms with Crippen molar-refractivity contribution in [3.63, 3.8) is 0 Å².